The van der Waals surface area contributed by atoms with Gasteiger partial charge in [-0.05, 0) is 19.0 Å². The van der Waals surface area contributed by atoms with Gasteiger partial charge in [-0.2, -0.15) is 5.26 Å². The van der Waals surface area contributed by atoms with Crippen molar-refractivity contribution in [2.75, 3.05) is 6.61 Å². The van der Waals surface area contributed by atoms with Crippen molar-refractivity contribution in [1.82, 2.24) is 4.57 Å². The number of aromatic nitrogens is 1. The van der Waals surface area contributed by atoms with Crippen LogP contribution in [0, 0.1) is 18.3 Å². The second-order valence-corrected chi connectivity index (χ2v) is 11.7. The topological polar surface area (TPSA) is 92.3 Å². The number of rotatable bonds is 6. The van der Waals surface area contributed by atoms with E-state index in [1.807, 2.05) is 0 Å². The fraction of sp³-hybridized carbons (Fsp3) is 0.500. The zero-order valence-corrected chi connectivity index (χ0v) is 13.8. The molecule has 0 fully saturated rings. The quantitative estimate of drug-likeness (QED) is 0.641. The summed E-state index contributed by atoms with van der Waals surface area (Å²) in [5.41, 5.74) is -0.473. The van der Waals surface area contributed by atoms with E-state index in [9.17, 15) is 9.59 Å². The summed E-state index contributed by atoms with van der Waals surface area (Å²) in [7, 11) is -1.23. The maximum absolute atomic E-state index is 12.1. The fourth-order valence-electron chi connectivity index (χ4n) is 1.74. The van der Waals surface area contributed by atoms with E-state index in [2.05, 4.69) is 19.6 Å². The van der Waals surface area contributed by atoms with Crippen LogP contribution < -0.4 is 5.56 Å². The first-order valence-electron chi connectivity index (χ1n) is 6.63. The summed E-state index contributed by atoms with van der Waals surface area (Å²) in [4.78, 5) is 23.2. The summed E-state index contributed by atoms with van der Waals surface area (Å²) in [5, 5.41) is 18.0. The van der Waals surface area contributed by atoms with Crippen LogP contribution >= 0.6 is 0 Å². The predicted octanol–water partition coefficient (Wildman–Crippen LogP) is 2.04. The molecule has 0 saturated heterocycles. The Morgan fingerprint density at radius 2 is 2.10 bits per heavy atom. The van der Waals surface area contributed by atoms with E-state index in [0.717, 1.165) is 12.1 Å². The minimum Gasteiger partial charge on any atom is -0.478 e. The Balaban J connectivity index is 3.01. The number of carboxylic acid groups (broad SMARTS) is 1. The summed E-state index contributed by atoms with van der Waals surface area (Å²) in [6.07, 6.45) is 0. The van der Waals surface area contributed by atoms with Crippen LogP contribution in [0.2, 0.25) is 25.7 Å². The first-order valence-corrected chi connectivity index (χ1v) is 10.3. The van der Waals surface area contributed by atoms with Crippen LogP contribution in [0.15, 0.2) is 10.9 Å². The van der Waals surface area contributed by atoms with Gasteiger partial charge >= 0.3 is 5.97 Å². The third-order valence-corrected chi connectivity index (χ3v) is 4.83. The molecule has 0 aliphatic heterocycles. The molecule has 0 saturated carbocycles. The number of carboxylic acids is 1. The van der Waals surface area contributed by atoms with Crippen LogP contribution in [0.1, 0.15) is 21.6 Å². The molecule has 0 spiro atoms. The van der Waals surface area contributed by atoms with Gasteiger partial charge in [0.1, 0.15) is 18.4 Å². The van der Waals surface area contributed by atoms with Gasteiger partial charge in [0.15, 0.2) is 0 Å². The van der Waals surface area contributed by atoms with Gasteiger partial charge in [0.25, 0.3) is 5.56 Å². The van der Waals surface area contributed by atoms with E-state index in [0.29, 0.717) is 12.3 Å². The normalized spacial score (nSPS) is 11.2. The van der Waals surface area contributed by atoms with Crippen molar-refractivity contribution in [1.29, 1.82) is 5.26 Å². The van der Waals surface area contributed by atoms with E-state index < -0.39 is 19.6 Å². The molecule has 0 amide bonds. The minimum absolute atomic E-state index is 0.0368. The SMILES string of the molecule is Cc1c(C(=O)O)cc(C#N)c(=O)n1COCC[Si](C)(C)C. The Bertz CT molecular complexity index is 638. The summed E-state index contributed by atoms with van der Waals surface area (Å²) in [5.74, 6) is -1.17. The molecule has 0 aromatic carbocycles. The summed E-state index contributed by atoms with van der Waals surface area (Å²) < 4.78 is 6.69. The van der Waals surface area contributed by atoms with Gasteiger partial charge in [0.2, 0.25) is 0 Å². The molecular formula is C14H20N2O4Si. The Hall–Kier alpha value is -1.91. The van der Waals surface area contributed by atoms with Crippen LogP contribution in [-0.2, 0) is 11.5 Å². The molecule has 114 valence electrons. The number of nitriles is 1. The Labute approximate surface area is 124 Å². The molecule has 21 heavy (non-hydrogen) atoms. The van der Waals surface area contributed by atoms with Crippen molar-refractivity contribution >= 4 is 14.0 Å². The van der Waals surface area contributed by atoms with Gasteiger partial charge in [0.05, 0.1) is 5.56 Å². The van der Waals surface area contributed by atoms with Crippen molar-refractivity contribution in [3.63, 3.8) is 0 Å². The fourth-order valence-corrected chi connectivity index (χ4v) is 2.50. The Kier molecular flexibility index (Phi) is 5.46. The van der Waals surface area contributed by atoms with Crippen LogP contribution in [0.4, 0.5) is 0 Å². The highest BCUT2D eigenvalue weighted by atomic mass is 28.3. The summed E-state index contributed by atoms with van der Waals surface area (Å²) in [6, 6.07) is 3.79. The molecule has 0 unspecified atom stereocenters. The summed E-state index contributed by atoms with van der Waals surface area (Å²) >= 11 is 0. The Morgan fingerprint density at radius 1 is 1.48 bits per heavy atom. The molecule has 7 heteroatoms. The largest absolute Gasteiger partial charge is 0.478 e. The highest BCUT2D eigenvalue weighted by Gasteiger charge is 2.17. The van der Waals surface area contributed by atoms with Gasteiger partial charge in [-0.1, -0.05) is 19.6 Å². The average molecular weight is 308 g/mol. The lowest BCUT2D eigenvalue weighted by molar-refractivity contribution is 0.0685. The van der Waals surface area contributed by atoms with E-state index in [4.69, 9.17) is 15.1 Å². The molecule has 0 aliphatic rings. The van der Waals surface area contributed by atoms with Crippen molar-refractivity contribution in [2.45, 2.75) is 39.3 Å². The van der Waals surface area contributed by atoms with Gasteiger partial charge < -0.3 is 9.84 Å². The third kappa shape index (κ3) is 4.55. The summed E-state index contributed by atoms with van der Waals surface area (Å²) in [6.45, 7) is 8.66. The first kappa shape index (κ1) is 17.1. The molecule has 0 radical (unpaired) electrons. The number of ether oxygens (including phenoxy) is 1. The smallest absolute Gasteiger partial charge is 0.337 e. The average Bonchev–Trinajstić information content (AvgIpc) is 2.36. The molecule has 0 atom stereocenters. The monoisotopic (exact) mass is 308 g/mol. The van der Waals surface area contributed by atoms with Crippen molar-refractivity contribution in [3.8, 4) is 6.07 Å². The zero-order valence-electron chi connectivity index (χ0n) is 12.8. The van der Waals surface area contributed by atoms with Gasteiger partial charge in [-0.15, -0.1) is 0 Å². The highest BCUT2D eigenvalue weighted by Crippen LogP contribution is 2.10. The van der Waals surface area contributed by atoms with Crippen molar-refractivity contribution in [2.24, 2.45) is 0 Å². The van der Waals surface area contributed by atoms with Crippen LogP contribution in [0.25, 0.3) is 0 Å². The molecule has 1 aromatic heterocycles. The third-order valence-electron chi connectivity index (χ3n) is 3.13. The zero-order chi connectivity index (χ0) is 16.2. The van der Waals surface area contributed by atoms with Gasteiger partial charge in [-0.25, -0.2) is 4.79 Å². The lowest BCUT2D eigenvalue weighted by atomic mass is 10.1. The highest BCUT2D eigenvalue weighted by molar-refractivity contribution is 6.76. The second-order valence-electron chi connectivity index (χ2n) is 6.06. The number of aromatic carboxylic acids is 1. The lowest BCUT2D eigenvalue weighted by Gasteiger charge is -2.17. The standard InChI is InChI=1S/C14H20N2O4Si/c1-10-12(14(18)19)7-11(8-15)13(17)16(10)9-20-5-6-21(2,3)4/h7H,5-6,9H2,1-4H3,(H,18,19). The van der Waals surface area contributed by atoms with Crippen LogP contribution in [0.5, 0.6) is 0 Å². The number of nitrogens with zero attached hydrogens (tertiary/aromatic N) is 2. The number of carbonyl (C=O) groups is 1. The van der Waals surface area contributed by atoms with E-state index in [-0.39, 0.29) is 17.9 Å². The second kappa shape index (κ2) is 6.69. The minimum atomic E-state index is -1.23. The number of hydrogen-bond acceptors (Lipinski definition) is 4. The molecule has 1 heterocycles. The van der Waals surface area contributed by atoms with Crippen molar-refractivity contribution < 1.29 is 14.6 Å². The maximum Gasteiger partial charge on any atom is 0.337 e. The lowest BCUT2D eigenvalue weighted by Crippen LogP contribution is -2.29. The Morgan fingerprint density at radius 3 is 2.57 bits per heavy atom. The molecular weight excluding hydrogens is 288 g/mol. The number of pyridine rings is 1. The van der Waals surface area contributed by atoms with E-state index >= 15 is 0 Å². The van der Waals surface area contributed by atoms with E-state index in [1.165, 1.54) is 11.5 Å². The molecule has 1 rings (SSSR count). The van der Waals surface area contributed by atoms with Gasteiger partial charge in [0, 0.05) is 20.4 Å². The molecule has 1 N–H and O–H groups in total. The predicted molar refractivity (Wildman–Crippen MR) is 81.2 cm³/mol. The number of hydrogen-bond donors (Lipinski definition) is 1. The van der Waals surface area contributed by atoms with Crippen LogP contribution in [0.3, 0.4) is 0 Å². The molecule has 1 aromatic rings. The molecule has 0 aliphatic carbocycles. The molecule has 6 nitrogen and oxygen atoms in total. The van der Waals surface area contributed by atoms with Crippen molar-refractivity contribution in [3.05, 3.63) is 33.2 Å². The first-order chi connectivity index (χ1) is 9.67. The molecule has 0 bridgehead atoms. The van der Waals surface area contributed by atoms with E-state index in [1.54, 1.807) is 6.07 Å². The van der Waals surface area contributed by atoms with Crippen LogP contribution in [-0.4, -0.2) is 30.3 Å². The maximum atomic E-state index is 12.1. The van der Waals surface area contributed by atoms with Gasteiger partial charge in [-0.3, -0.25) is 9.36 Å².